The molecule has 0 spiro atoms. The van der Waals surface area contributed by atoms with Crippen LogP contribution in [0.2, 0.25) is 0 Å². The molecule has 4 nitrogen and oxygen atoms in total. The molecule has 16 heavy (non-hydrogen) atoms. The number of hydrogen-bond donors (Lipinski definition) is 2. The number of carbonyl (C=O) groups excluding carboxylic acids is 1. The zero-order valence-corrected chi connectivity index (χ0v) is 9.89. The van der Waals surface area contributed by atoms with Crippen LogP contribution in [0.25, 0.3) is 0 Å². The fourth-order valence-corrected chi connectivity index (χ4v) is 1.95. The van der Waals surface area contributed by atoms with E-state index >= 15 is 0 Å². The van der Waals surface area contributed by atoms with E-state index in [0.29, 0.717) is 23.9 Å². The molecule has 0 bridgehead atoms. The maximum absolute atomic E-state index is 11.7. The number of rotatable bonds is 3. The predicted octanol–water partition coefficient (Wildman–Crippen LogP) is 1.83. The summed E-state index contributed by atoms with van der Waals surface area (Å²) in [6, 6.07) is 2.04. The molecule has 0 radical (unpaired) electrons. The average molecular weight is 245 g/mol. The number of hydrogen-bond acceptors (Lipinski definition) is 3. The summed E-state index contributed by atoms with van der Waals surface area (Å²) in [7, 11) is 0. The Labute approximate surface area is 101 Å². The van der Waals surface area contributed by atoms with Crippen molar-refractivity contribution in [3.63, 3.8) is 0 Å². The van der Waals surface area contributed by atoms with E-state index in [2.05, 4.69) is 5.32 Å². The van der Waals surface area contributed by atoms with E-state index in [9.17, 15) is 4.79 Å². The molecule has 1 saturated carbocycles. The molecule has 0 atom stereocenters. The first-order valence-electron chi connectivity index (χ1n) is 5.38. The normalized spacial score (nSPS) is 15.8. The first kappa shape index (κ1) is 13.1. The molecule has 5 heteroatoms. The summed E-state index contributed by atoms with van der Waals surface area (Å²) in [6.07, 6.45) is 6.07. The number of amides is 1. The molecule has 1 aliphatic rings. The van der Waals surface area contributed by atoms with Gasteiger partial charge in [0.05, 0.1) is 12.1 Å². The second-order valence-electron chi connectivity index (χ2n) is 3.96. The van der Waals surface area contributed by atoms with E-state index in [1.54, 1.807) is 6.07 Å². The van der Waals surface area contributed by atoms with Crippen molar-refractivity contribution in [3.8, 4) is 0 Å². The van der Waals surface area contributed by atoms with E-state index in [1.807, 2.05) is 0 Å². The Morgan fingerprint density at radius 2 is 2.19 bits per heavy atom. The van der Waals surface area contributed by atoms with Crippen molar-refractivity contribution in [2.24, 2.45) is 5.73 Å². The Bertz CT molecular complexity index is 346. The standard InChI is InChI=1S/C11H16N2O2.ClH/c12-6-10-5-8(7-15-10)11(14)13-9-3-1-2-4-9;/h5,7,9H,1-4,6,12H2,(H,13,14);1H. The zero-order chi connectivity index (χ0) is 10.7. The highest BCUT2D eigenvalue weighted by molar-refractivity contribution is 5.94. The zero-order valence-electron chi connectivity index (χ0n) is 9.07. The summed E-state index contributed by atoms with van der Waals surface area (Å²) < 4.78 is 5.11. The summed E-state index contributed by atoms with van der Waals surface area (Å²) in [5.74, 6) is 0.594. The second-order valence-corrected chi connectivity index (χ2v) is 3.96. The molecule has 90 valence electrons. The number of halogens is 1. The minimum Gasteiger partial charge on any atom is -0.467 e. The smallest absolute Gasteiger partial charge is 0.254 e. The van der Waals surface area contributed by atoms with E-state index in [-0.39, 0.29) is 18.3 Å². The maximum Gasteiger partial charge on any atom is 0.254 e. The molecular weight excluding hydrogens is 228 g/mol. The number of carbonyl (C=O) groups is 1. The van der Waals surface area contributed by atoms with E-state index in [1.165, 1.54) is 19.1 Å². The molecule has 1 fully saturated rings. The lowest BCUT2D eigenvalue weighted by Gasteiger charge is -2.09. The number of nitrogens with two attached hydrogens (primary N) is 1. The van der Waals surface area contributed by atoms with Crippen LogP contribution in [0, 0.1) is 0 Å². The van der Waals surface area contributed by atoms with Crippen molar-refractivity contribution >= 4 is 18.3 Å². The summed E-state index contributed by atoms with van der Waals surface area (Å²) in [6.45, 7) is 0.330. The third-order valence-electron chi connectivity index (χ3n) is 2.81. The lowest BCUT2D eigenvalue weighted by molar-refractivity contribution is 0.0937. The first-order chi connectivity index (χ1) is 7.29. The highest BCUT2D eigenvalue weighted by atomic mass is 35.5. The monoisotopic (exact) mass is 244 g/mol. The highest BCUT2D eigenvalue weighted by Gasteiger charge is 2.18. The third kappa shape index (κ3) is 3.00. The van der Waals surface area contributed by atoms with Crippen LogP contribution in [0.3, 0.4) is 0 Å². The van der Waals surface area contributed by atoms with Gasteiger partial charge in [-0.3, -0.25) is 4.79 Å². The van der Waals surface area contributed by atoms with Crippen molar-refractivity contribution in [2.45, 2.75) is 38.3 Å². The van der Waals surface area contributed by atoms with Crippen LogP contribution in [-0.2, 0) is 6.54 Å². The average Bonchev–Trinajstić information content (AvgIpc) is 2.86. The van der Waals surface area contributed by atoms with Gasteiger partial charge < -0.3 is 15.5 Å². The fraction of sp³-hybridized carbons (Fsp3) is 0.545. The topological polar surface area (TPSA) is 68.3 Å². The molecule has 1 amide bonds. The summed E-state index contributed by atoms with van der Waals surface area (Å²) in [5, 5.41) is 2.99. The molecule has 0 saturated heterocycles. The Morgan fingerprint density at radius 1 is 1.50 bits per heavy atom. The van der Waals surface area contributed by atoms with Gasteiger partial charge in [-0.2, -0.15) is 0 Å². The van der Waals surface area contributed by atoms with Gasteiger partial charge in [0.2, 0.25) is 0 Å². The molecule has 1 aromatic rings. The Morgan fingerprint density at radius 3 is 2.75 bits per heavy atom. The summed E-state index contributed by atoms with van der Waals surface area (Å²) >= 11 is 0. The molecular formula is C11H17ClN2O2. The summed E-state index contributed by atoms with van der Waals surface area (Å²) in [5.41, 5.74) is 5.97. The maximum atomic E-state index is 11.7. The van der Waals surface area contributed by atoms with Gasteiger partial charge in [-0.05, 0) is 18.9 Å². The van der Waals surface area contributed by atoms with Crippen molar-refractivity contribution in [3.05, 3.63) is 23.7 Å². The minimum absolute atomic E-state index is 0. The Kier molecular flexibility index (Phi) is 4.83. The second kappa shape index (κ2) is 5.92. The van der Waals surface area contributed by atoms with Gasteiger partial charge >= 0.3 is 0 Å². The number of nitrogens with one attached hydrogen (secondary N) is 1. The largest absolute Gasteiger partial charge is 0.467 e. The van der Waals surface area contributed by atoms with Crippen LogP contribution in [-0.4, -0.2) is 11.9 Å². The molecule has 0 aromatic carbocycles. The van der Waals surface area contributed by atoms with Crippen LogP contribution in [0.15, 0.2) is 16.7 Å². The molecule has 0 unspecified atom stereocenters. The van der Waals surface area contributed by atoms with Crippen molar-refractivity contribution in [2.75, 3.05) is 0 Å². The quantitative estimate of drug-likeness (QED) is 0.853. The van der Waals surface area contributed by atoms with E-state index in [0.717, 1.165) is 12.8 Å². The lowest BCUT2D eigenvalue weighted by Crippen LogP contribution is -2.32. The van der Waals surface area contributed by atoms with Crippen molar-refractivity contribution in [1.29, 1.82) is 0 Å². The van der Waals surface area contributed by atoms with Gasteiger partial charge in [0.15, 0.2) is 0 Å². The lowest BCUT2D eigenvalue weighted by atomic mass is 10.2. The van der Waals surface area contributed by atoms with E-state index in [4.69, 9.17) is 10.2 Å². The van der Waals surface area contributed by atoms with Crippen LogP contribution in [0.4, 0.5) is 0 Å². The Balaban J connectivity index is 0.00000128. The van der Waals surface area contributed by atoms with Gasteiger partial charge in [-0.1, -0.05) is 12.8 Å². The first-order valence-corrected chi connectivity index (χ1v) is 5.38. The fourth-order valence-electron chi connectivity index (χ4n) is 1.95. The molecule has 1 heterocycles. The highest BCUT2D eigenvalue weighted by Crippen LogP contribution is 2.18. The molecule has 1 aromatic heterocycles. The Hall–Kier alpha value is -1.00. The van der Waals surface area contributed by atoms with Crippen molar-refractivity contribution in [1.82, 2.24) is 5.32 Å². The molecule has 1 aliphatic carbocycles. The van der Waals surface area contributed by atoms with Gasteiger partial charge in [0, 0.05) is 6.04 Å². The third-order valence-corrected chi connectivity index (χ3v) is 2.81. The molecule has 3 N–H and O–H groups in total. The van der Waals surface area contributed by atoms with Crippen LogP contribution >= 0.6 is 12.4 Å². The molecule has 0 aliphatic heterocycles. The number of furan rings is 1. The van der Waals surface area contributed by atoms with E-state index < -0.39 is 0 Å². The van der Waals surface area contributed by atoms with Crippen LogP contribution < -0.4 is 11.1 Å². The summed E-state index contributed by atoms with van der Waals surface area (Å²) in [4.78, 5) is 11.7. The predicted molar refractivity (Wildman–Crippen MR) is 63.6 cm³/mol. The SMILES string of the molecule is Cl.NCc1cc(C(=O)NC2CCCC2)co1. The van der Waals surface area contributed by atoms with Gasteiger partial charge in [-0.15, -0.1) is 12.4 Å². The van der Waals surface area contributed by atoms with Crippen LogP contribution in [0.5, 0.6) is 0 Å². The van der Waals surface area contributed by atoms with Crippen LogP contribution in [0.1, 0.15) is 41.8 Å². The van der Waals surface area contributed by atoms with Gasteiger partial charge in [0.1, 0.15) is 12.0 Å². The van der Waals surface area contributed by atoms with Gasteiger partial charge in [-0.25, -0.2) is 0 Å². The van der Waals surface area contributed by atoms with Crippen molar-refractivity contribution < 1.29 is 9.21 Å². The molecule has 2 rings (SSSR count). The minimum atomic E-state index is -0.0506. The van der Waals surface area contributed by atoms with Gasteiger partial charge in [0.25, 0.3) is 5.91 Å².